The maximum absolute atomic E-state index is 11.5. The van der Waals surface area contributed by atoms with E-state index in [1.807, 2.05) is 84.9 Å². The van der Waals surface area contributed by atoms with Crippen molar-refractivity contribution in [2.75, 3.05) is 10.6 Å². The van der Waals surface area contributed by atoms with E-state index < -0.39 is 0 Å². The Morgan fingerprint density at radius 3 is 1.95 bits per heavy atom. The average Bonchev–Trinajstić information content (AvgIpc) is 3.15. The first-order valence-electron chi connectivity index (χ1n) is 6.36. The van der Waals surface area contributed by atoms with Gasteiger partial charge in [0.2, 0.25) is 0 Å². The molecule has 3 aromatic carbocycles. The van der Waals surface area contributed by atoms with Crippen molar-refractivity contribution in [2.45, 2.75) is 0 Å². The number of hydrogen-bond acceptors (Lipinski definition) is 1. The van der Waals surface area contributed by atoms with Gasteiger partial charge in [-0.15, -0.1) is 5.69 Å². The molecule has 3 aromatic rings. The van der Waals surface area contributed by atoms with Gasteiger partial charge in [-0.3, -0.25) is 0 Å². The third-order valence-corrected chi connectivity index (χ3v) is 2.51. The second-order valence-corrected chi connectivity index (χ2v) is 4.08. The predicted octanol–water partition coefficient (Wildman–Crippen LogP) is 4.45. The number of anilines is 2. The molecule has 0 fully saturated rings. The van der Waals surface area contributed by atoms with Crippen LogP contribution in [0.3, 0.4) is 0 Å². The Bertz CT molecular complexity index is 572. The van der Waals surface area contributed by atoms with Gasteiger partial charge >= 0.3 is 23.1 Å². The summed E-state index contributed by atoms with van der Waals surface area (Å²) in [6.07, 6.45) is 0. The van der Waals surface area contributed by atoms with Crippen molar-refractivity contribution in [1.82, 2.24) is 0 Å². The van der Waals surface area contributed by atoms with E-state index in [1.54, 1.807) is 0 Å². The Hall–Kier alpha value is -2.29. The van der Waals surface area contributed by atoms with Crippen molar-refractivity contribution in [3.63, 3.8) is 0 Å². The number of nitrogens with one attached hydrogen (secondary N) is 2. The summed E-state index contributed by atoms with van der Waals surface area (Å²) in [4.78, 5) is 11.5. The van der Waals surface area contributed by atoms with Gasteiger partial charge in [0.05, 0.1) is 0 Å². The maximum Gasteiger partial charge on any atom is 2.00 e. The fraction of sp³-hybridized carbons (Fsp3) is 0. The van der Waals surface area contributed by atoms with Crippen LogP contribution in [0.2, 0.25) is 0 Å². The fourth-order valence-corrected chi connectivity index (χ4v) is 1.59. The van der Waals surface area contributed by atoms with E-state index in [-0.39, 0.29) is 23.1 Å². The summed E-state index contributed by atoms with van der Waals surface area (Å²) >= 11 is 0. The van der Waals surface area contributed by atoms with Crippen molar-refractivity contribution in [3.8, 4) is 0 Å². The molecule has 0 aliphatic heterocycles. The van der Waals surface area contributed by atoms with Crippen LogP contribution in [0.4, 0.5) is 16.2 Å². The molecule has 0 aliphatic rings. The van der Waals surface area contributed by atoms with Crippen molar-refractivity contribution in [3.05, 3.63) is 84.9 Å². The molecule has 0 radical (unpaired) electrons. The molecule has 2 N–H and O–H groups in total. The van der Waals surface area contributed by atoms with Crippen molar-refractivity contribution >= 4 is 17.4 Å². The van der Waals surface area contributed by atoms with Crippen LogP contribution < -0.4 is 10.6 Å². The summed E-state index contributed by atoms with van der Waals surface area (Å²) in [5.41, 5.74) is 1.57. The van der Waals surface area contributed by atoms with Crippen molar-refractivity contribution in [2.24, 2.45) is 0 Å². The molecule has 21 heavy (non-hydrogen) atoms. The second kappa shape index (κ2) is 9.59. The largest absolute Gasteiger partial charge is 2.00 e. The number of benzene rings is 1. The molecule has 0 saturated carbocycles. The number of hydrogen-bond donors (Lipinski definition) is 2. The number of carbonyl (C=O) groups excluding carboxylic acids is 1. The van der Waals surface area contributed by atoms with Gasteiger partial charge in [0.15, 0.2) is 0 Å². The normalized spacial score (nSPS) is 8.76. The second-order valence-electron chi connectivity index (χ2n) is 4.08. The fourth-order valence-electron chi connectivity index (χ4n) is 1.59. The van der Waals surface area contributed by atoms with Gasteiger partial charge < -0.3 is 10.6 Å². The van der Waals surface area contributed by atoms with Crippen LogP contribution >= 0.6 is 0 Å². The molecule has 0 aromatic heterocycles. The first-order valence-corrected chi connectivity index (χ1v) is 6.36. The molecule has 0 saturated heterocycles. The van der Waals surface area contributed by atoms with Crippen LogP contribution in [0.5, 0.6) is 0 Å². The van der Waals surface area contributed by atoms with Crippen molar-refractivity contribution < 1.29 is 21.9 Å². The van der Waals surface area contributed by atoms with Crippen LogP contribution in [0.15, 0.2) is 84.9 Å². The van der Waals surface area contributed by atoms with Crippen LogP contribution in [-0.4, -0.2) is 6.03 Å². The number of para-hydroxylation sites is 1. The summed E-state index contributed by atoms with van der Waals surface area (Å²) in [5.74, 6) is 0. The first-order chi connectivity index (χ1) is 9.84. The summed E-state index contributed by atoms with van der Waals surface area (Å²) in [7, 11) is 0. The van der Waals surface area contributed by atoms with E-state index in [0.29, 0.717) is 0 Å². The molecular weight excluding hydrogens is 304 g/mol. The number of carbonyl (C=O) groups is 1. The Balaban J connectivity index is 0.000000313. The summed E-state index contributed by atoms with van der Waals surface area (Å²) in [6, 6.07) is 26.5. The van der Waals surface area contributed by atoms with Gasteiger partial charge in [0, 0.05) is 5.69 Å². The third-order valence-electron chi connectivity index (χ3n) is 2.51. The number of urea groups is 1. The van der Waals surface area contributed by atoms with Gasteiger partial charge in [0.25, 0.3) is 0 Å². The molecule has 0 bridgehead atoms. The zero-order chi connectivity index (χ0) is 14.0. The summed E-state index contributed by atoms with van der Waals surface area (Å²) in [6.45, 7) is 0. The van der Waals surface area contributed by atoms with Crippen LogP contribution in [0, 0.1) is 0 Å². The predicted molar refractivity (Wildman–Crippen MR) is 83.2 cm³/mol. The van der Waals surface area contributed by atoms with E-state index in [9.17, 15) is 4.79 Å². The van der Waals surface area contributed by atoms with Gasteiger partial charge in [-0.2, -0.15) is 42.5 Å². The smallest absolute Gasteiger partial charge is 0.371 e. The minimum absolute atomic E-state index is 0. The van der Waals surface area contributed by atoms with Gasteiger partial charge in [-0.05, 0) is 12.1 Å². The molecule has 0 spiro atoms. The van der Waals surface area contributed by atoms with Gasteiger partial charge in [-0.1, -0.05) is 18.2 Å². The number of rotatable bonds is 2. The summed E-state index contributed by atoms with van der Waals surface area (Å²) in [5, 5.41) is 5.45. The Kier molecular flexibility index (Phi) is 7.65. The topological polar surface area (TPSA) is 41.1 Å². The van der Waals surface area contributed by atoms with E-state index in [2.05, 4.69) is 10.6 Å². The summed E-state index contributed by atoms with van der Waals surface area (Å²) < 4.78 is 0. The minimum Gasteiger partial charge on any atom is -0.371 e. The van der Waals surface area contributed by atoms with E-state index in [0.717, 1.165) is 11.4 Å². The van der Waals surface area contributed by atoms with E-state index >= 15 is 0 Å². The maximum atomic E-state index is 11.5. The van der Waals surface area contributed by atoms with Crippen LogP contribution in [0.1, 0.15) is 0 Å². The van der Waals surface area contributed by atoms with E-state index in [1.165, 1.54) is 0 Å². The zero-order valence-electron chi connectivity index (χ0n) is 11.3. The zero-order valence-corrected chi connectivity index (χ0v) is 12.4. The Labute approximate surface area is 135 Å². The standard InChI is InChI=1S/C12H11N2O.C5H5.Fe/c15-12(14-11-8-4-5-9-11)13-10-6-2-1-3-7-10;1-2-4-5-3-1;/h1-9H,(H2,13,14,15);1-5H;/q2*-1;+2. The first kappa shape index (κ1) is 16.8. The average molecular weight is 320 g/mol. The van der Waals surface area contributed by atoms with Crippen LogP contribution in [0.25, 0.3) is 0 Å². The molecule has 2 amide bonds. The molecular formula is C17H16FeN2O. The molecule has 3 nitrogen and oxygen atoms in total. The third kappa shape index (κ3) is 6.61. The number of amides is 2. The molecule has 0 aliphatic carbocycles. The van der Waals surface area contributed by atoms with Crippen molar-refractivity contribution in [1.29, 1.82) is 0 Å². The molecule has 3 rings (SSSR count). The monoisotopic (exact) mass is 320 g/mol. The molecule has 0 unspecified atom stereocenters. The minimum atomic E-state index is -0.229. The van der Waals surface area contributed by atoms with Gasteiger partial charge in [-0.25, -0.2) is 16.9 Å². The molecule has 4 heteroatoms. The van der Waals surface area contributed by atoms with Gasteiger partial charge in [0.1, 0.15) is 0 Å². The van der Waals surface area contributed by atoms with Crippen LogP contribution in [-0.2, 0) is 17.1 Å². The quantitative estimate of drug-likeness (QED) is 0.531. The molecule has 108 valence electrons. The Morgan fingerprint density at radius 2 is 1.43 bits per heavy atom. The Morgan fingerprint density at radius 1 is 0.762 bits per heavy atom. The molecule has 0 heterocycles. The SMILES string of the molecule is O=C(Nc1ccccc1)Nc1cc[cH-]c1.[Fe+2].c1cc[cH-]c1. The van der Waals surface area contributed by atoms with E-state index in [4.69, 9.17) is 0 Å². The molecule has 0 atom stereocenters.